The monoisotopic (exact) mass is 445 g/mol. The van der Waals surface area contributed by atoms with E-state index in [4.69, 9.17) is 9.26 Å². The van der Waals surface area contributed by atoms with E-state index in [1.54, 1.807) is 13.4 Å². The van der Waals surface area contributed by atoms with E-state index in [0.717, 1.165) is 65.4 Å². The zero-order chi connectivity index (χ0) is 22.9. The maximum atomic E-state index is 13.3. The number of hydrogen-bond acceptors (Lipinski definition) is 4. The molecule has 0 N–H and O–H groups in total. The zero-order valence-electron chi connectivity index (χ0n) is 19.2. The summed E-state index contributed by atoms with van der Waals surface area (Å²) in [5.74, 6) is 2.19. The van der Waals surface area contributed by atoms with Gasteiger partial charge in [-0.25, -0.2) is 9.37 Å². The molecule has 0 fully saturated rings. The number of imidazole rings is 1. The normalized spacial score (nSPS) is 16.4. The topological polar surface area (TPSA) is 53.1 Å². The first-order chi connectivity index (χ1) is 16.0. The van der Waals surface area contributed by atoms with Gasteiger partial charge in [0.05, 0.1) is 24.8 Å². The summed E-state index contributed by atoms with van der Waals surface area (Å²) < 4.78 is 26.9. The molecule has 2 heterocycles. The molecule has 1 aliphatic carbocycles. The van der Waals surface area contributed by atoms with Gasteiger partial charge in [-0.2, -0.15) is 0 Å². The standard InChI is InChI=1S/C27H28FN3O2/c1-17(19-7-10-22(28)11-8-19)13-21-5-4-6-23-26(30-33-27(21)23)20-9-12-24(25(14-20)32-3)31-15-18(2)29-16-31/h7-12,14-17,21H,4-6,13H2,1-3H3/t17-,21?/m0/s1. The van der Waals surface area contributed by atoms with Crippen LogP contribution in [0.4, 0.5) is 4.39 Å². The fourth-order valence-corrected chi connectivity index (χ4v) is 4.94. The third-order valence-corrected chi connectivity index (χ3v) is 6.69. The lowest BCUT2D eigenvalue weighted by Crippen LogP contribution is -2.11. The van der Waals surface area contributed by atoms with Crippen molar-refractivity contribution in [3.8, 4) is 22.7 Å². The van der Waals surface area contributed by atoms with Crippen molar-refractivity contribution in [2.24, 2.45) is 0 Å². The van der Waals surface area contributed by atoms with Gasteiger partial charge in [0.1, 0.15) is 23.0 Å². The van der Waals surface area contributed by atoms with Crippen LogP contribution in [0.15, 0.2) is 59.5 Å². The molecule has 6 heteroatoms. The molecule has 0 aliphatic heterocycles. The number of hydrogen-bond donors (Lipinski definition) is 0. The number of rotatable bonds is 6. The van der Waals surface area contributed by atoms with Gasteiger partial charge in [0.25, 0.3) is 0 Å². The van der Waals surface area contributed by atoms with Crippen LogP contribution in [0, 0.1) is 12.7 Å². The molecule has 2 aromatic heterocycles. The summed E-state index contributed by atoms with van der Waals surface area (Å²) in [5, 5.41) is 4.49. The van der Waals surface area contributed by atoms with Crippen LogP contribution < -0.4 is 4.74 Å². The van der Waals surface area contributed by atoms with Crippen molar-refractivity contribution >= 4 is 0 Å². The van der Waals surface area contributed by atoms with E-state index in [2.05, 4.69) is 23.1 Å². The van der Waals surface area contributed by atoms with Crippen LogP contribution in [-0.4, -0.2) is 21.8 Å². The lowest BCUT2D eigenvalue weighted by Gasteiger charge is -2.24. The van der Waals surface area contributed by atoms with Crippen molar-refractivity contribution in [1.82, 2.24) is 14.7 Å². The summed E-state index contributed by atoms with van der Waals surface area (Å²) in [4.78, 5) is 4.32. The van der Waals surface area contributed by atoms with Gasteiger partial charge in [-0.05, 0) is 68.4 Å². The van der Waals surface area contributed by atoms with Crippen LogP contribution in [0.1, 0.15) is 60.6 Å². The zero-order valence-corrected chi connectivity index (χ0v) is 19.2. The van der Waals surface area contributed by atoms with Crippen molar-refractivity contribution in [3.05, 3.63) is 83.4 Å². The molecule has 4 aromatic rings. The highest BCUT2D eigenvalue weighted by atomic mass is 19.1. The van der Waals surface area contributed by atoms with E-state index >= 15 is 0 Å². The summed E-state index contributed by atoms with van der Waals surface area (Å²) >= 11 is 0. The van der Waals surface area contributed by atoms with Gasteiger partial charge < -0.3 is 13.8 Å². The van der Waals surface area contributed by atoms with Crippen molar-refractivity contribution in [3.63, 3.8) is 0 Å². The number of methoxy groups -OCH3 is 1. The highest BCUT2D eigenvalue weighted by Crippen LogP contribution is 2.42. The van der Waals surface area contributed by atoms with E-state index in [0.29, 0.717) is 11.8 Å². The van der Waals surface area contributed by atoms with E-state index in [1.807, 2.05) is 42.0 Å². The maximum Gasteiger partial charge on any atom is 0.143 e. The summed E-state index contributed by atoms with van der Waals surface area (Å²) in [6, 6.07) is 13.0. The Morgan fingerprint density at radius 3 is 2.76 bits per heavy atom. The molecular formula is C27H28FN3O2. The highest BCUT2D eigenvalue weighted by molar-refractivity contribution is 5.68. The van der Waals surface area contributed by atoms with Gasteiger partial charge in [-0.3, -0.25) is 0 Å². The highest BCUT2D eigenvalue weighted by Gasteiger charge is 2.30. The summed E-state index contributed by atoms with van der Waals surface area (Å²) in [6.45, 7) is 4.16. The predicted molar refractivity (Wildman–Crippen MR) is 125 cm³/mol. The van der Waals surface area contributed by atoms with Gasteiger partial charge >= 0.3 is 0 Å². The second-order valence-corrected chi connectivity index (χ2v) is 8.96. The van der Waals surface area contributed by atoms with E-state index < -0.39 is 0 Å². The Morgan fingerprint density at radius 2 is 2.03 bits per heavy atom. The Labute approximate surface area is 193 Å². The molecule has 5 rings (SSSR count). The fourth-order valence-electron chi connectivity index (χ4n) is 4.94. The Kier molecular flexibility index (Phi) is 5.75. The number of aromatic nitrogens is 3. The van der Waals surface area contributed by atoms with E-state index in [-0.39, 0.29) is 5.82 Å². The first kappa shape index (κ1) is 21.4. The lowest BCUT2D eigenvalue weighted by molar-refractivity contribution is 0.326. The molecule has 5 nitrogen and oxygen atoms in total. The third-order valence-electron chi connectivity index (χ3n) is 6.69. The lowest BCUT2D eigenvalue weighted by atomic mass is 9.80. The van der Waals surface area contributed by atoms with Crippen LogP contribution in [0.25, 0.3) is 16.9 Å². The molecule has 0 spiro atoms. The minimum absolute atomic E-state index is 0.199. The second-order valence-electron chi connectivity index (χ2n) is 8.96. The number of benzene rings is 2. The molecule has 1 unspecified atom stereocenters. The number of fused-ring (bicyclic) bond motifs is 1. The third kappa shape index (κ3) is 4.17. The Hall–Kier alpha value is -3.41. The summed E-state index contributed by atoms with van der Waals surface area (Å²) in [6.07, 6.45) is 7.86. The van der Waals surface area contributed by atoms with Gasteiger partial charge in [0.2, 0.25) is 0 Å². The Balaban J connectivity index is 1.42. The van der Waals surface area contributed by atoms with Gasteiger partial charge in [0, 0.05) is 23.2 Å². The van der Waals surface area contributed by atoms with Gasteiger partial charge in [0.15, 0.2) is 0 Å². The summed E-state index contributed by atoms with van der Waals surface area (Å²) in [7, 11) is 1.68. The van der Waals surface area contributed by atoms with E-state index in [9.17, 15) is 4.39 Å². The molecular weight excluding hydrogens is 417 g/mol. The van der Waals surface area contributed by atoms with Crippen molar-refractivity contribution in [2.75, 3.05) is 7.11 Å². The maximum absolute atomic E-state index is 13.3. The van der Waals surface area contributed by atoms with Crippen LogP contribution in [0.3, 0.4) is 0 Å². The average molecular weight is 446 g/mol. The molecule has 170 valence electrons. The molecule has 2 aromatic carbocycles. The Morgan fingerprint density at radius 1 is 1.21 bits per heavy atom. The van der Waals surface area contributed by atoms with Crippen LogP contribution in [0.5, 0.6) is 5.75 Å². The molecule has 0 saturated carbocycles. The minimum Gasteiger partial charge on any atom is -0.495 e. The van der Waals surface area contributed by atoms with Crippen LogP contribution in [-0.2, 0) is 6.42 Å². The van der Waals surface area contributed by atoms with Gasteiger partial charge in [-0.15, -0.1) is 0 Å². The second kappa shape index (κ2) is 8.85. The molecule has 33 heavy (non-hydrogen) atoms. The smallest absolute Gasteiger partial charge is 0.143 e. The number of aryl methyl sites for hydroxylation is 1. The SMILES string of the molecule is COc1cc(-c2noc3c2CCCC3C[C@H](C)c2ccc(F)cc2)ccc1-n1cnc(C)c1. The first-order valence-corrected chi connectivity index (χ1v) is 11.5. The largest absolute Gasteiger partial charge is 0.495 e. The molecule has 2 atom stereocenters. The van der Waals surface area contributed by atoms with Crippen LogP contribution in [0.2, 0.25) is 0 Å². The average Bonchev–Trinajstić information content (AvgIpc) is 3.46. The summed E-state index contributed by atoms with van der Waals surface area (Å²) in [5.41, 5.74) is 6.13. The van der Waals surface area contributed by atoms with E-state index in [1.165, 1.54) is 17.7 Å². The number of halogens is 1. The molecule has 0 amide bonds. The molecule has 0 saturated heterocycles. The fraction of sp³-hybridized carbons (Fsp3) is 0.333. The number of ether oxygens (including phenoxy) is 1. The predicted octanol–water partition coefficient (Wildman–Crippen LogP) is 6.60. The molecule has 1 aliphatic rings. The number of nitrogens with zero attached hydrogens (tertiary/aromatic N) is 3. The first-order valence-electron chi connectivity index (χ1n) is 11.5. The quantitative estimate of drug-likeness (QED) is 0.336. The van der Waals surface area contributed by atoms with Crippen LogP contribution >= 0.6 is 0 Å². The van der Waals surface area contributed by atoms with Gasteiger partial charge in [-0.1, -0.05) is 30.3 Å². The minimum atomic E-state index is -0.199. The van der Waals surface area contributed by atoms with Crippen molar-refractivity contribution in [1.29, 1.82) is 0 Å². The van der Waals surface area contributed by atoms with Crippen molar-refractivity contribution in [2.45, 2.75) is 51.4 Å². The Bertz CT molecular complexity index is 1260. The molecule has 0 radical (unpaired) electrons. The van der Waals surface area contributed by atoms with Crippen molar-refractivity contribution < 1.29 is 13.7 Å². The molecule has 0 bridgehead atoms.